The van der Waals surface area contributed by atoms with Gasteiger partial charge in [0, 0.05) is 23.9 Å². The van der Waals surface area contributed by atoms with Gasteiger partial charge in [-0.3, -0.25) is 4.79 Å². The van der Waals surface area contributed by atoms with E-state index in [4.69, 9.17) is 0 Å². The zero-order valence-electron chi connectivity index (χ0n) is 13.2. The zero-order chi connectivity index (χ0) is 17.0. The highest BCUT2D eigenvalue weighted by Crippen LogP contribution is 2.50. The fourth-order valence-corrected chi connectivity index (χ4v) is 4.70. The quantitative estimate of drug-likeness (QED) is 0.781. The zero-order valence-corrected chi connectivity index (χ0v) is 13.2. The molecule has 130 valence electrons. The summed E-state index contributed by atoms with van der Waals surface area (Å²) in [4.78, 5) is 12.3. The Morgan fingerprint density at radius 2 is 1.83 bits per heavy atom. The van der Waals surface area contributed by atoms with E-state index in [-0.39, 0.29) is 35.1 Å². The molecule has 2 bridgehead atoms. The molecule has 7 atom stereocenters. The summed E-state index contributed by atoms with van der Waals surface area (Å²) in [5.41, 5.74) is 0.0103. The highest BCUT2D eigenvalue weighted by Gasteiger charge is 2.52. The maximum absolute atomic E-state index is 13.8. The summed E-state index contributed by atoms with van der Waals surface area (Å²) in [5, 5.41) is 22.6. The Morgan fingerprint density at radius 3 is 2.46 bits per heavy atom. The Labute approximate surface area is 138 Å². The number of amides is 1. The summed E-state index contributed by atoms with van der Waals surface area (Å²) in [7, 11) is 0. The van der Waals surface area contributed by atoms with E-state index in [1.54, 1.807) is 0 Å². The second-order valence-corrected chi connectivity index (χ2v) is 7.47. The van der Waals surface area contributed by atoms with Crippen LogP contribution >= 0.6 is 0 Å². The summed E-state index contributed by atoms with van der Waals surface area (Å²) in [6.07, 6.45) is 0.724. The van der Waals surface area contributed by atoms with Crippen molar-refractivity contribution in [2.75, 3.05) is 6.54 Å². The van der Waals surface area contributed by atoms with Crippen LogP contribution in [0.5, 0.6) is 0 Å². The van der Waals surface area contributed by atoms with Crippen molar-refractivity contribution in [3.63, 3.8) is 0 Å². The topological polar surface area (TPSA) is 69.6 Å². The van der Waals surface area contributed by atoms with Crippen LogP contribution in [-0.2, 0) is 4.79 Å². The summed E-state index contributed by atoms with van der Waals surface area (Å²) < 4.78 is 27.5. The SMILES string of the molecule is O=C(NC[C@H]1C[C@@H]2C[C@H]1[C@@H](O)[C@H]2O)[C@@H]1C[C@H]1c1c(F)cccc1F. The third-order valence-electron chi connectivity index (χ3n) is 6.09. The van der Waals surface area contributed by atoms with Crippen LogP contribution in [0.25, 0.3) is 0 Å². The Bertz CT molecular complexity index is 645. The second-order valence-electron chi connectivity index (χ2n) is 7.47. The predicted molar refractivity (Wildman–Crippen MR) is 81.9 cm³/mol. The highest BCUT2D eigenvalue weighted by molar-refractivity contribution is 5.82. The van der Waals surface area contributed by atoms with Crippen LogP contribution in [0, 0.1) is 35.3 Å². The maximum Gasteiger partial charge on any atom is 0.223 e. The van der Waals surface area contributed by atoms with Crippen LogP contribution in [-0.4, -0.2) is 34.9 Å². The highest BCUT2D eigenvalue weighted by atomic mass is 19.1. The minimum absolute atomic E-state index is 0.0103. The Morgan fingerprint density at radius 1 is 1.12 bits per heavy atom. The molecule has 0 heterocycles. The number of hydrogen-bond acceptors (Lipinski definition) is 3. The summed E-state index contributed by atoms with van der Waals surface area (Å²) in [6.45, 7) is 0.451. The molecule has 0 radical (unpaired) electrons. The molecule has 24 heavy (non-hydrogen) atoms. The van der Waals surface area contributed by atoms with Crippen LogP contribution in [0.15, 0.2) is 18.2 Å². The first-order chi connectivity index (χ1) is 11.5. The van der Waals surface area contributed by atoms with Gasteiger partial charge < -0.3 is 15.5 Å². The number of fused-ring (bicyclic) bond motifs is 2. The summed E-state index contributed by atoms with van der Waals surface area (Å²) >= 11 is 0. The predicted octanol–water partition coefficient (Wildman–Crippen LogP) is 1.56. The van der Waals surface area contributed by atoms with Gasteiger partial charge in [0.15, 0.2) is 0 Å². The van der Waals surface area contributed by atoms with E-state index in [1.165, 1.54) is 18.2 Å². The third kappa shape index (κ3) is 2.52. The molecule has 1 amide bonds. The normalized spacial score (nSPS) is 39.9. The van der Waals surface area contributed by atoms with Crippen molar-refractivity contribution >= 4 is 5.91 Å². The molecule has 0 unspecified atom stereocenters. The van der Waals surface area contributed by atoms with Gasteiger partial charge in [-0.15, -0.1) is 0 Å². The van der Waals surface area contributed by atoms with Gasteiger partial charge in [-0.2, -0.15) is 0 Å². The number of carbonyl (C=O) groups excluding carboxylic acids is 1. The second kappa shape index (κ2) is 5.77. The number of nitrogens with one attached hydrogen (secondary N) is 1. The van der Waals surface area contributed by atoms with Gasteiger partial charge in [0.1, 0.15) is 11.6 Å². The van der Waals surface area contributed by atoms with Gasteiger partial charge in [-0.25, -0.2) is 8.78 Å². The van der Waals surface area contributed by atoms with Crippen LogP contribution < -0.4 is 5.32 Å². The number of rotatable bonds is 4. The summed E-state index contributed by atoms with van der Waals surface area (Å²) in [6, 6.07) is 3.75. The number of aliphatic hydroxyl groups excluding tert-OH is 2. The molecule has 0 aliphatic heterocycles. The molecule has 3 fully saturated rings. The average Bonchev–Trinajstić information content (AvgIpc) is 3.13. The first-order valence-corrected chi connectivity index (χ1v) is 8.55. The Hall–Kier alpha value is -1.53. The number of aliphatic hydroxyl groups is 2. The van der Waals surface area contributed by atoms with Crippen molar-refractivity contribution in [2.24, 2.45) is 23.7 Å². The standard InChI is InChI=1S/C18H21F2NO3/c19-13-2-1-3-14(20)15(13)11-6-12(11)18(24)21-7-9-4-8-5-10(9)17(23)16(8)22/h1-3,8-12,16-17,22-23H,4-7H2,(H,21,24)/t8-,9-,10-,11-,12-,16+,17-/m1/s1. The van der Waals surface area contributed by atoms with Crippen LogP contribution in [0.3, 0.4) is 0 Å². The third-order valence-corrected chi connectivity index (χ3v) is 6.09. The fraction of sp³-hybridized carbons (Fsp3) is 0.611. The molecule has 4 rings (SSSR count). The van der Waals surface area contributed by atoms with E-state index < -0.39 is 29.8 Å². The molecule has 1 aromatic rings. The minimum Gasteiger partial charge on any atom is -0.390 e. The molecule has 4 nitrogen and oxygen atoms in total. The van der Waals surface area contributed by atoms with E-state index in [1.807, 2.05) is 0 Å². The van der Waals surface area contributed by atoms with E-state index in [0.717, 1.165) is 12.8 Å². The van der Waals surface area contributed by atoms with E-state index in [9.17, 15) is 23.8 Å². The van der Waals surface area contributed by atoms with Crippen molar-refractivity contribution in [1.82, 2.24) is 5.32 Å². The molecule has 3 N–H and O–H groups in total. The largest absolute Gasteiger partial charge is 0.390 e. The van der Waals surface area contributed by atoms with E-state index in [2.05, 4.69) is 5.32 Å². The van der Waals surface area contributed by atoms with Crippen molar-refractivity contribution in [3.05, 3.63) is 35.4 Å². The molecule has 6 heteroatoms. The molecular formula is C18H21F2NO3. The van der Waals surface area contributed by atoms with Crippen molar-refractivity contribution in [1.29, 1.82) is 0 Å². The van der Waals surface area contributed by atoms with Gasteiger partial charge in [0.25, 0.3) is 0 Å². The molecule has 3 saturated carbocycles. The van der Waals surface area contributed by atoms with Gasteiger partial charge in [0.2, 0.25) is 5.91 Å². The molecular weight excluding hydrogens is 316 g/mol. The fourth-order valence-electron chi connectivity index (χ4n) is 4.70. The Kier molecular flexibility index (Phi) is 3.84. The lowest BCUT2D eigenvalue weighted by molar-refractivity contribution is -0.122. The summed E-state index contributed by atoms with van der Waals surface area (Å²) in [5.74, 6) is -1.83. The van der Waals surface area contributed by atoms with Crippen molar-refractivity contribution in [2.45, 2.75) is 37.4 Å². The van der Waals surface area contributed by atoms with Crippen LogP contribution in [0.4, 0.5) is 8.78 Å². The van der Waals surface area contributed by atoms with Crippen LogP contribution in [0.1, 0.15) is 30.7 Å². The number of hydrogen-bond donors (Lipinski definition) is 3. The van der Waals surface area contributed by atoms with Gasteiger partial charge >= 0.3 is 0 Å². The molecule has 3 aliphatic rings. The lowest BCUT2D eigenvalue weighted by Gasteiger charge is -2.29. The van der Waals surface area contributed by atoms with Crippen molar-refractivity contribution in [3.8, 4) is 0 Å². The maximum atomic E-state index is 13.8. The number of benzene rings is 1. The lowest BCUT2D eigenvalue weighted by Crippen LogP contribution is -2.41. The molecule has 0 spiro atoms. The molecule has 0 saturated heterocycles. The van der Waals surface area contributed by atoms with E-state index >= 15 is 0 Å². The average molecular weight is 337 g/mol. The van der Waals surface area contributed by atoms with Crippen molar-refractivity contribution < 1.29 is 23.8 Å². The molecule has 3 aliphatic carbocycles. The Balaban J connectivity index is 1.33. The number of halogens is 2. The molecule has 0 aromatic heterocycles. The van der Waals surface area contributed by atoms with Gasteiger partial charge in [-0.05, 0) is 49.1 Å². The van der Waals surface area contributed by atoms with Gasteiger partial charge in [-0.1, -0.05) is 6.07 Å². The monoisotopic (exact) mass is 337 g/mol. The van der Waals surface area contributed by atoms with Crippen LogP contribution in [0.2, 0.25) is 0 Å². The number of carbonyl (C=O) groups is 1. The van der Waals surface area contributed by atoms with Gasteiger partial charge in [0.05, 0.1) is 12.2 Å². The first kappa shape index (κ1) is 16.0. The first-order valence-electron chi connectivity index (χ1n) is 8.55. The minimum atomic E-state index is -0.702. The lowest BCUT2D eigenvalue weighted by atomic mass is 9.85. The van der Waals surface area contributed by atoms with E-state index in [0.29, 0.717) is 13.0 Å². The molecule has 1 aromatic carbocycles. The smallest absolute Gasteiger partial charge is 0.223 e.